The fourth-order valence-corrected chi connectivity index (χ4v) is 1.90. The topological polar surface area (TPSA) is 41.1 Å². The highest BCUT2D eigenvalue weighted by atomic mass is 16.1. The van der Waals surface area contributed by atoms with E-state index < -0.39 is 0 Å². The fraction of sp³-hybridized carbons (Fsp3) is 0.533. The Morgan fingerprint density at radius 2 is 1.94 bits per heavy atom. The molecule has 2 N–H and O–H groups in total. The Kier molecular flexibility index (Phi) is 6.44. The Morgan fingerprint density at radius 3 is 2.61 bits per heavy atom. The molecule has 0 aliphatic heterocycles. The number of hydrogen-bond donors (Lipinski definition) is 2. The molecule has 0 bridgehead atoms. The molecule has 3 nitrogen and oxygen atoms in total. The predicted octanol–water partition coefficient (Wildman–Crippen LogP) is 3.49. The Morgan fingerprint density at radius 1 is 1.22 bits per heavy atom. The van der Waals surface area contributed by atoms with Crippen molar-refractivity contribution in [2.45, 2.75) is 46.1 Å². The molecule has 1 aromatic rings. The Bertz CT molecular complexity index is 377. The lowest BCUT2D eigenvalue weighted by Crippen LogP contribution is -2.21. The van der Waals surface area contributed by atoms with Crippen molar-refractivity contribution in [3.05, 3.63) is 29.8 Å². The van der Waals surface area contributed by atoms with Crippen LogP contribution < -0.4 is 10.6 Å². The van der Waals surface area contributed by atoms with E-state index in [9.17, 15) is 4.79 Å². The lowest BCUT2D eigenvalue weighted by atomic mass is 10.1. The standard InChI is InChI=1S/C15H24N2O/c1-4-8-15(18)17-14-10-7-6-9-13(14)12(3)16-11-5-2/h6-7,9-10,12,16H,4-5,8,11H2,1-3H3,(H,17,18). The molecule has 1 atom stereocenters. The zero-order valence-corrected chi connectivity index (χ0v) is 11.6. The molecule has 18 heavy (non-hydrogen) atoms. The number of carbonyl (C=O) groups excluding carboxylic acids is 1. The number of hydrogen-bond acceptors (Lipinski definition) is 2. The number of amides is 1. The minimum atomic E-state index is 0.0904. The van der Waals surface area contributed by atoms with Crippen molar-refractivity contribution in [3.8, 4) is 0 Å². The maximum Gasteiger partial charge on any atom is 0.224 e. The lowest BCUT2D eigenvalue weighted by molar-refractivity contribution is -0.116. The highest BCUT2D eigenvalue weighted by Crippen LogP contribution is 2.22. The summed E-state index contributed by atoms with van der Waals surface area (Å²) in [5, 5.41) is 6.43. The molecule has 1 amide bonds. The second-order valence-corrected chi connectivity index (χ2v) is 4.56. The largest absolute Gasteiger partial charge is 0.326 e. The van der Waals surface area contributed by atoms with E-state index in [-0.39, 0.29) is 11.9 Å². The molecule has 0 saturated carbocycles. The van der Waals surface area contributed by atoms with Gasteiger partial charge in [0.2, 0.25) is 5.91 Å². The molecule has 0 aliphatic rings. The lowest BCUT2D eigenvalue weighted by Gasteiger charge is -2.18. The molecule has 0 aromatic heterocycles. The number of benzene rings is 1. The quantitative estimate of drug-likeness (QED) is 0.775. The van der Waals surface area contributed by atoms with Crippen molar-refractivity contribution in [1.29, 1.82) is 0 Å². The molecule has 1 aromatic carbocycles. The van der Waals surface area contributed by atoms with Crippen molar-refractivity contribution < 1.29 is 4.79 Å². The van der Waals surface area contributed by atoms with E-state index in [4.69, 9.17) is 0 Å². The highest BCUT2D eigenvalue weighted by Gasteiger charge is 2.10. The molecule has 100 valence electrons. The average molecular weight is 248 g/mol. The molecular weight excluding hydrogens is 224 g/mol. The zero-order chi connectivity index (χ0) is 13.4. The third kappa shape index (κ3) is 4.49. The summed E-state index contributed by atoms with van der Waals surface area (Å²) >= 11 is 0. The molecule has 0 heterocycles. The molecule has 1 unspecified atom stereocenters. The summed E-state index contributed by atoms with van der Waals surface area (Å²) in [6.07, 6.45) is 2.55. The van der Waals surface area contributed by atoms with Crippen LogP contribution in [0.3, 0.4) is 0 Å². The van der Waals surface area contributed by atoms with Crippen molar-refractivity contribution in [2.24, 2.45) is 0 Å². The molecule has 0 aliphatic carbocycles. The highest BCUT2D eigenvalue weighted by molar-refractivity contribution is 5.91. The van der Waals surface area contributed by atoms with Crippen LogP contribution >= 0.6 is 0 Å². The van der Waals surface area contributed by atoms with Crippen LogP contribution in [0.2, 0.25) is 0 Å². The minimum absolute atomic E-state index is 0.0904. The number of rotatable bonds is 7. The molecular formula is C15H24N2O. The van der Waals surface area contributed by atoms with E-state index in [0.717, 1.165) is 30.6 Å². The van der Waals surface area contributed by atoms with Gasteiger partial charge in [-0.15, -0.1) is 0 Å². The van der Waals surface area contributed by atoms with Crippen molar-refractivity contribution in [3.63, 3.8) is 0 Å². The van der Waals surface area contributed by atoms with Gasteiger partial charge >= 0.3 is 0 Å². The van der Waals surface area contributed by atoms with E-state index in [1.165, 1.54) is 0 Å². The fourth-order valence-electron chi connectivity index (χ4n) is 1.90. The van der Waals surface area contributed by atoms with Gasteiger partial charge in [-0.05, 0) is 37.9 Å². The Labute approximate surface area is 110 Å². The second kappa shape index (κ2) is 7.88. The minimum Gasteiger partial charge on any atom is -0.326 e. The second-order valence-electron chi connectivity index (χ2n) is 4.56. The van der Waals surface area contributed by atoms with E-state index in [1.807, 2.05) is 25.1 Å². The van der Waals surface area contributed by atoms with Gasteiger partial charge in [-0.1, -0.05) is 32.0 Å². The van der Waals surface area contributed by atoms with Gasteiger partial charge in [0.15, 0.2) is 0 Å². The van der Waals surface area contributed by atoms with Crippen LogP contribution in [0.4, 0.5) is 5.69 Å². The first-order valence-electron chi connectivity index (χ1n) is 6.81. The van der Waals surface area contributed by atoms with Crippen LogP contribution in [0, 0.1) is 0 Å². The van der Waals surface area contributed by atoms with E-state index >= 15 is 0 Å². The maximum absolute atomic E-state index is 11.7. The molecule has 3 heteroatoms. The maximum atomic E-state index is 11.7. The average Bonchev–Trinajstić information content (AvgIpc) is 2.37. The number of para-hydroxylation sites is 1. The third-order valence-corrected chi connectivity index (χ3v) is 2.88. The van der Waals surface area contributed by atoms with Crippen LogP contribution in [0.25, 0.3) is 0 Å². The molecule has 0 fully saturated rings. The van der Waals surface area contributed by atoms with Gasteiger partial charge in [0.25, 0.3) is 0 Å². The zero-order valence-electron chi connectivity index (χ0n) is 11.6. The summed E-state index contributed by atoms with van der Waals surface area (Å²) in [6.45, 7) is 7.27. The summed E-state index contributed by atoms with van der Waals surface area (Å²) in [5.74, 6) is 0.0904. The van der Waals surface area contributed by atoms with Crippen molar-refractivity contribution >= 4 is 11.6 Å². The van der Waals surface area contributed by atoms with Crippen molar-refractivity contribution in [2.75, 3.05) is 11.9 Å². The van der Waals surface area contributed by atoms with Crippen LogP contribution in [0.15, 0.2) is 24.3 Å². The predicted molar refractivity (Wildman–Crippen MR) is 76.7 cm³/mol. The van der Waals surface area contributed by atoms with Crippen LogP contribution in [-0.4, -0.2) is 12.5 Å². The Balaban J connectivity index is 2.75. The van der Waals surface area contributed by atoms with Gasteiger partial charge in [0.1, 0.15) is 0 Å². The number of carbonyl (C=O) groups is 1. The number of anilines is 1. The molecule has 1 rings (SSSR count). The number of nitrogens with one attached hydrogen (secondary N) is 2. The normalized spacial score (nSPS) is 12.2. The summed E-state index contributed by atoms with van der Waals surface area (Å²) in [7, 11) is 0. The van der Waals surface area contributed by atoms with Gasteiger partial charge in [-0.25, -0.2) is 0 Å². The summed E-state index contributed by atoms with van der Waals surface area (Å²) in [4.78, 5) is 11.7. The van der Waals surface area contributed by atoms with E-state index in [2.05, 4.69) is 30.5 Å². The van der Waals surface area contributed by atoms with E-state index in [1.54, 1.807) is 0 Å². The van der Waals surface area contributed by atoms with Crippen LogP contribution in [0.1, 0.15) is 51.6 Å². The van der Waals surface area contributed by atoms with Crippen LogP contribution in [-0.2, 0) is 4.79 Å². The molecule has 0 radical (unpaired) electrons. The smallest absolute Gasteiger partial charge is 0.224 e. The summed E-state index contributed by atoms with van der Waals surface area (Å²) < 4.78 is 0. The van der Waals surface area contributed by atoms with Crippen molar-refractivity contribution in [1.82, 2.24) is 5.32 Å². The first-order valence-corrected chi connectivity index (χ1v) is 6.81. The summed E-state index contributed by atoms with van der Waals surface area (Å²) in [5.41, 5.74) is 2.07. The molecule has 0 saturated heterocycles. The van der Waals surface area contributed by atoms with E-state index in [0.29, 0.717) is 6.42 Å². The Hall–Kier alpha value is -1.35. The van der Waals surface area contributed by atoms with Gasteiger partial charge in [-0.3, -0.25) is 4.79 Å². The van der Waals surface area contributed by atoms with Gasteiger partial charge in [0.05, 0.1) is 0 Å². The van der Waals surface area contributed by atoms with Gasteiger partial charge in [-0.2, -0.15) is 0 Å². The van der Waals surface area contributed by atoms with Crippen LogP contribution in [0.5, 0.6) is 0 Å². The SMILES string of the molecule is CCCNC(C)c1ccccc1NC(=O)CCC. The first kappa shape index (κ1) is 14.7. The van der Waals surface area contributed by atoms with Gasteiger partial charge < -0.3 is 10.6 Å². The van der Waals surface area contributed by atoms with Gasteiger partial charge in [0, 0.05) is 18.2 Å². The molecule has 0 spiro atoms. The first-order chi connectivity index (χ1) is 8.69. The third-order valence-electron chi connectivity index (χ3n) is 2.88. The monoisotopic (exact) mass is 248 g/mol. The summed E-state index contributed by atoms with van der Waals surface area (Å²) in [6, 6.07) is 8.25.